The van der Waals surface area contributed by atoms with Crippen LogP contribution in [0.4, 0.5) is 5.82 Å². The van der Waals surface area contributed by atoms with Crippen LogP contribution < -0.4 is 5.48 Å². The summed E-state index contributed by atoms with van der Waals surface area (Å²) < 4.78 is 1.91. The van der Waals surface area contributed by atoms with E-state index in [2.05, 4.69) is 47.3 Å². The van der Waals surface area contributed by atoms with E-state index in [1.807, 2.05) is 4.57 Å². The summed E-state index contributed by atoms with van der Waals surface area (Å²) in [6.07, 6.45) is 10.4. The van der Waals surface area contributed by atoms with E-state index < -0.39 is 5.41 Å². The molecule has 3 atom stereocenters. The topological polar surface area (TPSA) is 110 Å². The fourth-order valence-electron chi connectivity index (χ4n) is 5.66. The molecule has 2 N–H and O–H groups in total. The quantitative estimate of drug-likeness (QED) is 0.529. The van der Waals surface area contributed by atoms with Gasteiger partial charge in [-0.3, -0.25) is 20.3 Å². The molecule has 31 heavy (non-hydrogen) atoms. The first-order valence-electron chi connectivity index (χ1n) is 11.1. The third-order valence-corrected chi connectivity index (χ3v) is 7.72. The first-order valence-corrected chi connectivity index (χ1v) is 11.1. The van der Waals surface area contributed by atoms with Gasteiger partial charge in [0.2, 0.25) is 0 Å². The van der Waals surface area contributed by atoms with Crippen molar-refractivity contribution in [3.8, 4) is 0 Å². The number of aromatic nitrogens is 4. The van der Waals surface area contributed by atoms with Gasteiger partial charge in [0.05, 0.1) is 6.33 Å². The van der Waals surface area contributed by atoms with Gasteiger partial charge in [0.1, 0.15) is 23.4 Å². The maximum atomic E-state index is 13.0. The highest BCUT2D eigenvalue weighted by atomic mass is 16.5. The van der Waals surface area contributed by atoms with Gasteiger partial charge < -0.3 is 4.57 Å². The molecule has 0 aliphatic heterocycles. The molecule has 0 amide bonds. The number of hydrogen-bond donors (Lipinski definition) is 2. The Morgan fingerprint density at radius 1 is 1.26 bits per heavy atom. The Kier molecular flexibility index (Phi) is 5.68. The number of aryl methyl sites for hydroxylation is 1. The first-order chi connectivity index (χ1) is 14.8. The maximum Gasteiger partial charge on any atom is 0.183 e. The molecular formula is C23H31N5O3. The van der Waals surface area contributed by atoms with Crippen molar-refractivity contribution in [2.45, 2.75) is 72.3 Å². The molecule has 0 bridgehead atoms. The molecule has 8 nitrogen and oxygen atoms in total. The van der Waals surface area contributed by atoms with Crippen LogP contribution in [0, 0.1) is 16.7 Å². The van der Waals surface area contributed by atoms with Gasteiger partial charge in [0.15, 0.2) is 11.5 Å². The highest BCUT2D eigenvalue weighted by molar-refractivity contribution is 5.92. The van der Waals surface area contributed by atoms with Crippen molar-refractivity contribution >= 4 is 28.5 Å². The van der Waals surface area contributed by atoms with E-state index in [1.165, 1.54) is 11.9 Å². The smallest absolute Gasteiger partial charge is 0.183 e. The Morgan fingerprint density at radius 2 is 2.06 bits per heavy atom. The van der Waals surface area contributed by atoms with Crippen molar-refractivity contribution in [1.82, 2.24) is 19.5 Å². The third kappa shape index (κ3) is 3.67. The van der Waals surface area contributed by atoms with Crippen LogP contribution in [0.1, 0.15) is 65.7 Å². The molecule has 2 aromatic heterocycles. The zero-order valence-corrected chi connectivity index (χ0v) is 18.5. The summed E-state index contributed by atoms with van der Waals surface area (Å²) >= 11 is 0. The molecule has 2 aliphatic rings. The van der Waals surface area contributed by atoms with Crippen molar-refractivity contribution in [2.75, 3.05) is 5.48 Å². The average Bonchev–Trinajstić information content (AvgIpc) is 3.19. The number of carbonyl (C=O) groups excluding carboxylic acids is 2. The summed E-state index contributed by atoms with van der Waals surface area (Å²) in [5.74, 6) is 1.08. The number of nitrogens with zero attached hydrogens (tertiary/aromatic N) is 4. The molecule has 2 aromatic rings. The summed E-state index contributed by atoms with van der Waals surface area (Å²) in [5.41, 5.74) is 3.63. The number of ketones is 2. The molecule has 2 fully saturated rings. The summed E-state index contributed by atoms with van der Waals surface area (Å²) in [6.45, 7) is 6.88. The number of hydrogen-bond acceptors (Lipinski definition) is 7. The summed E-state index contributed by atoms with van der Waals surface area (Å²) in [6, 6.07) is 0. The number of carbonyl (C=O) groups is 2. The van der Waals surface area contributed by atoms with Gasteiger partial charge in [-0.05, 0) is 44.9 Å². The van der Waals surface area contributed by atoms with Crippen LogP contribution in [-0.4, -0.2) is 36.3 Å². The number of anilines is 1. The zero-order valence-electron chi connectivity index (χ0n) is 18.5. The van der Waals surface area contributed by atoms with Crippen LogP contribution in [0.3, 0.4) is 0 Å². The largest absolute Gasteiger partial charge is 0.326 e. The Morgan fingerprint density at radius 3 is 2.84 bits per heavy atom. The fourth-order valence-corrected chi connectivity index (χ4v) is 5.66. The lowest BCUT2D eigenvalue weighted by atomic mass is 9.49. The lowest BCUT2D eigenvalue weighted by Gasteiger charge is -2.52. The summed E-state index contributed by atoms with van der Waals surface area (Å²) in [7, 11) is 0. The van der Waals surface area contributed by atoms with E-state index in [0.717, 1.165) is 19.3 Å². The second-order valence-electron chi connectivity index (χ2n) is 9.57. The normalized spacial score (nSPS) is 29.3. The van der Waals surface area contributed by atoms with Gasteiger partial charge in [0, 0.05) is 30.2 Å². The van der Waals surface area contributed by atoms with E-state index >= 15 is 0 Å². The van der Waals surface area contributed by atoms with Gasteiger partial charge in [-0.25, -0.2) is 15.0 Å². The molecule has 2 aliphatic carbocycles. The lowest BCUT2D eigenvalue weighted by molar-refractivity contribution is -0.154. The standard InChI is InChI=1S/C23H31N5O3/c1-15(9-12-28-14-26-20-19(28)21(27-31)25-13-24-20)7-10-22(2)16-5-4-6-17(29)23(16,3)11-8-18(22)30/h7,13-14,16,31H,4-6,8-12H2,1-3H3,(H,24,25,27)/b15-7+/t16-,22-,23-/m1/s1. The third-order valence-electron chi connectivity index (χ3n) is 7.72. The number of imidazole rings is 1. The predicted molar refractivity (Wildman–Crippen MR) is 117 cm³/mol. The average molecular weight is 426 g/mol. The van der Waals surface area contributed by atoms with Crippen LogP contribution in [0.25, 0.3) is 11.2 Å². The molecule has 2 saturated carbocycles. The predicted octanol–water partition coefficient (Wildman–Crippen LogP) is 4.10. The van der Waals surface area contributed by atoms with E-state index in [4.69, 9.17) is 0 Å². The van der Waals surface area contributed by atoms with Crippen molar-refractivity contribution in [1.29, 1.82) is 0 Å². The highest BCUT2D eigenvalue weighted by Crippen LogP contribution is 2.56. The Bertz CT molecular complexity index is 1050. The second kappa shape index (κ2) is 8.15. The van der Waals surface area contributed by atoms with E-state index in [0.29, 0.717) is 60.8 Å². The maximum absolute atomic E-state index is 13.0. The molecule has 166 valence electrons. The van der Waals surface area contributed by atoms with Crippen molar-refractivity contribution in [3.63, 3.8) is 0 Å². The van der Waals surface area contributed by atoms with Crippen LogP contribution in [-0.2, 0) is 16.1 Å². The number of allylic oxidation sites excluding steroid dienone is 2. The number of fused-ring (bicyclic) bond motifs is 2. The summed E-state index contributed by atoms with van der Waals surface area (Å²) in [5, 5.41) is 9.32. The molecule has 0 aromatic carbocycles. The summed E-state index contributed by atoms with van der Waals surface area (Å²) in [4.78, 5) is 38.1. The molecule has 0 saturated heterocycles. The Balaban J connectivity index is 1.49. The van der Waals surface area contributed by atoms with Crippen LogP contribution in [0.2, 0.25) is 0 Å². The minimum atomic E-state index is -0.478. The number of rotatable bonds is 6. The van der Waals surface area contributed by atoms with Gasteiger partial charge in [0.25, 0.3) is 0 Å². The van der Waals surface area contributed by atoms with E-state index in [9.17, 15) is 14.8 Å². The zero-order chi connectivity index (χ0) is 22.2. The van der Waals surface area contributed by atoms with Gasteiger partial charge in [-0.2, -0.15) is 0 Å². The molecule has 0 unspecified atom stereocenters. The molecular weight excluding hydrogens is 394 g/mol. The SMILES string of the molecule is C/C(=C\C[C@@]1(C)C(=O)CC[C@@]2(C)C(=O)CCC[C@H]12)CCn1cnc2ncnc(NO)c21. The minimum absolute atomic E-state index is 0.125. The second-order valence-corrected chi connectivity index (χ2v) is 9.57. The van der Waals surface area contributed by atoms with Gasteiger partial charge >= 0.3 is 0 Å². The van der Waals surface area contributed by atoms with Crippen molar-refractivity contribution < 1.29 is 14.8 Å². The van der Waals surface area contributed by atoms with Crippen LogP contribution in [0.5, 0.6) is 0 Å². The molecule has 0 spiro atoms. The van der Waals surface area contributed by atoms with Gasteiger partial charge in [-0.1, -0.05) is 25.5 Å². The molecule has 0 radical (unpaired) electrons. The molecule has 2 heterocycles. The highest BCUT2D eigenvalue weighted by Gasteiger charge is 2.56. The first kappa shape index (κ1) is 21.6. The van der Waals surface area contributed by atoms with E-state index in [1.54, 1.807) is 6.33 Å². The van der Waals surface area contributed by atoms with E-state index in [-0.39, 0.29) is 11.3 Å². The molecule has 4 rings (SSSR count). The Labute approximate surface area is 182 Å². The number of nitrogens with one attached hydrogen (secondary N) is 1. The van der Waals surface area contributed by atoms with Crippen LogP contribution >= 0.6 is 0 Å². The van der Waals surface area contributed by atoms with Gasteiger partial charge in [-0.15, -0.1) is 0 Å². The van der Waals surface area contributed by atoms with Crippen LogP contribution in [0.15, 0.2) is 24.3 Å². The molecule has 8 heteroatoms. The van der Waals surface area contributed by atoms with Crippen molar-refractivity contribution in [2.24, 2.45) is 16.7 Å². The monoisotopic (exact) mass is 425 g/mol. The van der Waals surface area contributed by atoms with Crippen molar-refractivity contribution in [3.05, 3.63) is 24.3 Å². The Hall–Kier alpha value is -2.61. The minimum Gasteiger partial charge on any atom is -0.326 e. The number of Topliss-reactive ketones (excluding diaryl/α,β-unsaturated/α-hetero) is 2. The lowest BCUT2D eigenvalue weighted by Crippen LogP contribution is -2.54. The fraction of sp³-hybridized carbons (Fsp3) is 0.609.